The van der Waals surface area contributed by atoms with Crippen LogP contribution in [0.2, 0.25) is 0 Å². The normalized spacial score (nSPS) is 22.3. The summed E-state index contributed by atoms with van der Waals surface area (Å²) in [5.41, 5.74) is 4.41. The van der Waals surface area contributed by atoms with Gasteiger partial charge in [0.05, 0.1) is 42.6 Å². The highest BCUT2D eigenvalue weighted by molar-refractivity contribution is 7.21. The molecule has 2 unspecified atom stereocenters. The molecule has 17 heteroatoms. The number of methoxy groups -OCH3 is 2. The number of likely N-dealkylation sites (tertiary alicyclic amines) is 1. The summed E-state index contributed by atoms with van der Waals surface area (Å²) in [5.74, 6) is -3.55. The second-order valence-electron chi connectivity index (χ2n) is 17.6. The van der Waals surface area contributed by atoms with Crippen LogP contribution in [0, 0.1) is 5.41 Å². The van der Waals surface area contributed by atoms with E-state index >= 15 is 8.78 Å². The highest BCUT2D eigenvalue weighted by Crippen LogP contribution is 2.52. The Kier molecular flexibility index (Phi) is 10.2. The van der Waals surface area contributed by atoms with Crippen molar-refractivity contribution >= 4 is 50.7 Å². The lowest BCUT2D eigenvalue weighted by atomic mass is 9.60. The van der Waals surface area contributed by atoms with E-state index in [1.165, 1.54) is 10.6 Å². The molecule has 5 aliphatic rings. The van der Waals surface area contributed by atoms with Gasteiger partial charge < -0.3 is 34.1 Å². The molecule has 1 aliphatic carbocycles. The molecule has 2 N–H and O–H groups in total. The van der Waals surface area contributed by atoms with Crippen molar-refractivity contribution in [3.63, 3.8) is 0 Å². The lowest BCUT2D eigenvalue weighted by Gasteiger charge is -2.62. The zero-order valence-corrected chi connectivity index (χ0v) is 35.6. The van der Waals surface area contributed by atoms with Crippen molar-refractivity contribution in [3.8, 4) is 22.6 Å². The van der Waals surface area contributed by atoms with Crippen LogP contribution in [0.15, 0.2) is 47.4 Å². The second kappa shape index (κ2) is 15.2. The third kappa shape index (κ3) is 7.23. The zero-order valence-electron chi connectivity index (χ0n) is 34.8. The number of benzene rings is 2. The van der Waals surface area contributed by atoms with Gasteiger partial charge in [-0.3, -0.25) is 34.2 Å². The molecule has 4 fully saturated rings. The maximum absolute atomic E-state index is 15.9. The number of halogens is 2. The average molecular weight is 858 g/mol. The Morgan fingerprint density at radius 2 is 1.70 bits per heavy atom. The van der Waals surface area contributed by atoms with E-state index in [4.69, 9.17) is 9.47 Å². The molecule has 0 bridgehead atoms. The van der Waals surface area contributed by atoms with E-state index in [0.29, 0.717) is 58.8 Å². The van der Waals surface area contributed by atoms with Crippen molar-refractivity contribution < 1.29 is 37.4 Å². The van der Waals surface area contributed by atoms with Gasteiger partial charge in [0, 0.05) is 85.4 Å². The number of nitrogens with one attached hydrogen (secondary N) is 2. The Morgan fingerprint density at radius 1 is 0.984 bits per heavy atom. The predicted molar refractivity (Wildman–Crippen MR) is 226 cm³/mol. The third-order valence-corrected chi connectivity index (χ3v) is 14.3. The van der Waals surface area contributed by atoms with Crippen LogP contribution in [0.3, 0.4) is 0 Å². The summed E-state index contributed by atoms with van der Waals surface area (Å²) in [4.78, 5) is 72.0. The van der Waals surface area contributed by atoms with Crippen molar-refractivity contribution in [3.05, 3.63) is 74.5 Å². The molecule has 0 radical (unpaired) electrons. The van der Waals surface area contributed by atoms with Gasteiger partial charge in [0.15, 0.2) is 0 Å². The maximum Gasteiger partial charge on any atom is 0.280 e. The summed E-state index contributed by atoms with van der Waals surface area (Å²) in [7, 11) is 8.69. The van der Waals surface area contributed by atoms with Crippen LogP contribution >= 0.6 is 11.3 Å². The molecular formula is C44H49F2N7O7S. The molecular weight excluding hydrogens is 809 g/mol. The molecule has 1 saturated carbocycles. The molecule has 2 atom stereocenters. The number of piperidine rings is 2. The fraction of sp³-hybridized carbons (Fsp3) is 0.477. The van der Waals surface area contributed by atoms with Gasteiger partial charge >= 0.3 is 0 Å². The van der Waals surface area contributed by atoms with Crippen LogP contribution in [0.25, 0.3) is 21.2 Å². The van der Waals surface area contributed by atoms with E-state index in [1.54, 1.807) is 38.4 Å². The Morgan fingerprint density at radius 3 is 2.36 bits per heavy atom. The molecule has 1 spiro atoms. The van der Waals surface area contributed by atoms with Gasteiger partial charge in [-0.2, -0.15) is 0 Å². The molecule has 3 saturated heterocycles. The number of rotatable bonds is 10. The first-order valence-corrected chi connectivity index (χ1v) is 21.4. The first-order valence-electron chi connectivity index (χ1n) is 20.6. The molecule has 4 amide bonds. The molecule has 4 aromatic rings. The average Bonchev–Trinajstić information content (AvgIpc) is 3.77. The van der Waals surface area contributed by atoms with E-state index in [-0.39, 0.29) is 46.5 Å². The van der Waals surface area contributed by atoms with Gasteiger partial charge in [-0.05, 0) is 87.3 Å². The third-order valence-electron chi connectivity index (χ3n) is 13.2. The molecule has 2 aromatic carbocycles. The number of hydrogen-bond donors (Lipinski definition) is 2. The Labute approximate surface area is 355 Å². The number of nitrogens with zero attached hydrogens (tertiary/aromatic N) is 5. The van der Waals surface area contributed by atoms with Gasteiger partial charge in [0.25, 0.3) is 23.3 Å². The van der Waals surface area contributed by atoms with Crippen molar-refractivity contribution in [1.29, 1.82) is 0 Å². The van der Waals surface area contributed by atoms with Crippen molar-refractivity contribution in [2.24, 2.45) is 12.5 Å². The number of imide groups is 1. The van der Waals surface area contributed by atoms with Crippen LogP contribution < -0.4 is 30.6 Å². The number of amides is 4. The van der Waals surface area contributed by atoms with E-state index in [0.717, 1.165) is 59.6 Å². The van der Waals surface area contributed by atoms with Crippen molar-refractivity contribution in [1.82, 2.24) is 29.9 Å². The van der Waals surface area contributed by atoms with Gasteiger partial charge in [-0.1, -0.05) is 0 Å². The summed E-state index contributed by atoms with van der Waals surface area (Å²) in [6.45, 7) is 2.44. The smallest absolute Gasteiger partial charge is 0.280 e. The molecule has 61 heavy (non-hydrogen) atoms. The number of anilines is 1. The molecule has 14 nitrogen and oxygen atoms in total. The Balaban J connectivity index is 0.822. The van der Waals surface area contributed by atoms with Gasteiger partial charge in [0.2, 0.25) is 11.8 Å². The number of ether oxygens (including phenoxy) is 2. The summed E-state index contributed by atoms with van der Waals surface area (Å²) in [5, 5.41) is 5.28. The minimum Gasteiger partial charge on any atom is -0.496 e. The van der Waals surface area contributed by atoms with E-state index < -0.39 is 36.4 Å². The van der Waals surface area contributed by atoms with Gasteiger partial charge in [-0.25, -0.2) is 8.78 Å². The summed E-state index contributed by atoms with van der Waals surface area (Å²) >= 11 is 1.10. The number of alkyl halides is 2. The highest BCUT2D eigenvalue weighted by Gasteiger charge is 2.56. The topological polar surface area (TPSA) is 146 Å². The van der Waals surface area contributed by atoms with Crippen LogP contribution in [0.4, 0.5) is 14.5 Å². The first-order chi connectivity index (χ1) is 29.1. The van der Waals surface area contributed by atoms with Crippen LogP contribution in [-0.4, -0.2) is 121 Å². The maximum atomic E-state index is 15.9. The number of pyridine rings is 1. The predicted octanol–water partition coefficient (Wildman–Crippen LogP) is 4.22. The summed E-state index contributed by atoms with van der Waals surface area (Å²) in [6.07, 6.45) is 3.91. The number of aromatic nitrogens is 1. The minimum absolute atomic E-state index is 0.0239. The van der Waals surface area contributed by atoms with Gasteiger partial charge in [0.1, 0.15) is 17.5 Å². The van der Waals surface area contributed by atoms with Crippen LogP contribution in [0.1, 0.15) is 63.3 Å². The number of thiophene rings is 1. The lowest BCUT2D eigenvalue weighted by molar-refractivity contribution is -0.136. The quantitative estimate of drug-likeness (QED) is 0.223. The number of carbonyl (C=O) groups is 4. The fourth-order valence-corrected chi connectivity index (χ4v) is 11.1. The molecule has 322 valence electrons. The summed E-state index contributed by atoms with van der Waals surface area (Å²) in [6, 6.07) is 8.97. The molecule has 6 heterocycles. The minimum atomic E-state index is -3.16. The monoisotopic (exact) mass is 857 g/mol. The number of carbonyl (C=O) groups excluding carboxylic acids is 4. The van der Waals surface area contributed by atoms with Gasteiger partial charge in [-0.15, -0.1) is 11.3 Å². The van der Waals surface area contributed by atoms with E-state index in [1.807, 2.05) is 48.2 Å². The number of aryl methyl sites for hydroxylation is 1. The lowest BCUT2D eigenvalue weighted by Crippen LogP contribution is -2.69. The zero-order chi connectivity index (χ0) is 43.1. The molecule has 9 rings (SSSR count). The highest BCUT2D eigenvalue weighted by atomic mass is 32.1. The Hall–Kier alpha value is -5.39. The largest absolute Gasteiger partial charge is 0.496 e. The van der Waals surface area contributed by atoms with Crippen LogP contribution in [0.5, 0.6) is 11.5 Å². The van der Waals surface area contributed by atoms with Crippen LogP contribution in [-0.2, 0) is 29.7 Å². The summed E-state index contributed by atoms with van der Waals surface area (Å²) < 4.78 is 45.2. The van der Waals surface area contributed by atoms with Crippen molar-refractivity contribution in [2.45, 2.75) is 69.2 Å². The van der Waals surface area contributed by atoms with E-state index in [2.05, 4.69) is 15.5 Å². The SMILES string of the molecule is COc1cc(-c2cn(C)c(=O)c3cc(C(=O)NC4CCN(C5CC6(C5)CN(c5ccc7c(c5)CN(C5CCC(=O)NC5=O)C7=O)C6)CC4(F)F)sc23)cc(OC)c1CN(C)C. The van der Waals surface area contributed by atoms with E-state index in [9.17, 15) is 24.0 Å². The first kappa shape index (κ1) is 41.0. The number of hydrogen-bond acceptors (Lipinski definition) is 11. The fourth-order valence-electron chi connectivity index (χ4n) is 10.0. The second-order valence-corrected chi connectivity index (χ2v) is 18.7. The molecule has 2 aromatic heterocycles. The van der Waals surface area contributed by atoms with Crippen molar-refractivity contribution in [2.75, 3.05) is 59.4 Å². The Bertz CT molecular complexity index is 2520. The standard InChI is InChI=1S/C44H49F2N7O7S/c1-49(2)19-31-33(59-4)13-24(14-34(31)60-5)30-20-50(3)41(57)29-15-35(61-38(29)30)40(56)47-36-10-11-51(23-44(36,45)46)27-16-43(17-27)21-52(22-43)26-6-7-28-25(12-26)18-53(42(28)58)32-8-9-37(54)48-39(32)55/h6-7,12-15,20,27,32,36H,8-11,16-19,21-23H2,1-5H3,(H,47,56)(H,48,54,55). The number of fused-ring (bicyclic) bond motifs is 2. The molecule has 4 aliphatic heterocycles.